The number of alkyl halides is 3. The SMILES string of the molecule is O=C(O)CC1CCc2[nH]c3ccc(OCc4ccc(C5CCCC5)c(C(F)(F)F)c4)cc3c21. The van der Waals surface area contributed by atoms with Crippen LogP contribution in [0.4, 0.5) is 13.2 Å². The van der Waals surface area contributed by atoms with Gasteiger partial charge in [0.15, 0.2) is 0 Å². The van der Waals surface area contributed by atoms with Crippen molar-refractivity contribution < 1.29 is 27.8 Å². The lowest BCUT2D eigenvalue weighted by Crippen LogP contribution is -2.12. The Bertz CT molecular complexity index is 1190. The molecule has 174 valence electrons. The van der Waals surface area contributed by atoms with Gasteiger partial charge in [-0.3, -0.25) is 4.79 Å². The van der Waals surface area contributed by atoms with Crippen molar-refractivity contribution in [3.05, 3.63) is 64.3 Å². The smallest absolute Gasteiger partial charge is 0.416 e. The summed E-state index contributed by atoms with van der Waals surface area (Å²) >= 11 is 0. The monoisotopic (exact) mass is 457 g/mol. The van der Waals surface area contributed by atoms with Crippen molar-refractivity contribution in [1.82, 2.24) is 4.98 Å². The molecule has 4 nitrogen and oxygen atoms in total. The van der Waals surface area contributed by atoms with Gasteiger partial charge in [0.05, 0.1) is 12.0 Å². The first-order valence-corrected chi connectivity index (χ1v) is 11.5. The minimum absolute atomic E-state index is 0.0200. The predicted molar refractivity (Wildman–Crippen MR) is 119 cm³/mol. The zero-order chi connectivity index (χ0) is 23.2. The van der Waals surface area contributed by atoms with Gasteiger partial charge < -0.3 is 14.8 Å². The summed E-state index contributed by atoms with van der Waals surface area (Å²) in [6.45, 7) is 0.0324. The minimum atomic E-state index is -4.39. The Morgan fingerprint density at radius 1 is 1.09 bits per heavy atom. The van der Waals surface area contributed by atoms with Gasteiger partial charge in [-0.2, -0.15) is 13.2 Å². The second-order valence-electron chi connectivity index (χ2n) is 9.25. The number of ether oxygens (including phenoxy) is 1. The number of nitrogens with one attached hydrogen (secondary N) is 1. The normalized spacial score (nSPS) is 18.7. The number of fused-ring (bicyclic) bond motifs is 3. The number of aromatic nitrogens is 1. The van der Waals surface area contributed by atoms with Gasteiger partial charge in [0.2, 0.25) is 0 Å². The Morgan fingerprint density at radius 2 is 1.88 bits per heavy atom. The summed E-state index contributed by atoms with van der Waals surface area (Å²) in [5.41, 5.74) is 3.34. The van der Waals surface area contributed by atoms with Gasteiger partial charge in [-0.1, -0.05) is 25.0 Å². The summed E-state index contributed by atoms with van der Waals surface area (Å²) in [5, 5.41) is 10.2. The van der Waals surface area contributed by atoms with Crippen LogP contribution in [0.5, 0.6) is 5.75 Å². The lowest BCUT2D eigenvalue weighted by atomic mass is 9.91. The third kappa shape index (κ3) is 4.33. The van der Waals surface area contributed by atoms with Crippen molar-refractivity contribution in [2.45, 2.75) is 69.6 Å². The van der Waals surface area contributed by atoms with Gasteiger partial charge in [0.1, 0.15) is 12.4 Å². The summed E-state index contributed by atoms with van der Waals surface area (Å²) in [6.07, 6.45) is 0.868. The topological polar surface area (TPSA) is 62.3 Å². The predicted octanol–water partition coefficient (Wildman–Crippen LogP) is 6.93. The number of aryl methyl sites for hydroxylation is 1. The Labute approximate surface area is 189 Å². The van der Waals surface area contributed by atoms with Gasteiger partial charge >= 0.3 is 12.1 Å². The fourth-order valence-corrected chi connectivity index (χ4v) is 5.58. The van der Waals surface area contributed by atoms with E-state index in [1.165, 1.54) is 6.07 Å². The summed E-state index contributed by atoms with van der Waals surface area (Å²) in [4.78, 5) is 14.6. The molecule has 1 unspecified atom stereocenters. The Hall–Kier alpha value is -2.96. The molecular formula is C26H26F3NO3. The maximum absolute atomic E-state index is 13.8. The maximum Gasteiger partial charge on any atom is 0.416 e. The number of aliphatic carboxylic acids is 1. The number of benzene rings is 2. The van der Waals surface area contributed by atoms with E-state index in [-0.39, 0.29) is 24.9 Å². The van der Waals surface area contributed by atoms with E-state index < -0.39 is 17.7 Å². The molecule has 2 aromatic carbocycles. The first kappa shape index (κ1) is 21.9. The second kappa shape index (κ2) is 8.43. The molecule has 0 spiro atoms. The molecule has 1 aromatic heterocycles. The molecule has 1 saturated carbocycles. The Morgan fingerprint density at radius 3 is 2.61 bits per heavy atom. The van der Waals surface area contributed by atoms with Crippen LogP contribution in [0.1, 0.15) is 78.3 Å². The van der Waals surface area contributed by atoms with Gasteiger partial charge in [-0.05, 0) is 78.5 Å². The van der Waals surface area contributed by atoms with E-state index in [2.05, 4.69) is 4.98 Å². The third-order valence-corrected chi connectivity index (χ3v) is 7.09. The van der Waals surface area contributed by atoms with E-state index in [1.807, 2.05) is 12.1 Å². The number of H-pyrrole nitrogens is 1. The van der Waals surface area contributed by atoms with E-state index in [9.17, 15) is 23.1 Å². The summed E-state index contributed by atoms with van der Waals surface area (Å²) in [6, 6.07) is 10.1. The van der Waals surface area contributed by atoms with E-state index in [4.69, 9.17) is 4.74 Å². The molecule has 0 radical (unpaired) electrons. The van der Waals surface area contributed by atoms with Crippen molar-refractivity contribution in [1.29, 1.82) is 0 Å². The van der Waals surface area contributed by atoms with Gasteiger partial charge in [-0.25, -0.2) is 0 Å². The molecule has 0 saturated heterocycles. The number of carboxylic acids is 1. The highest BCUT2D eigenvalue weighted by Gasteiger charge is 2.36. The number of rotatable bonds is 6. The molecule has 33 heavy (non-hydrogen) atoms. The van der Waals surface area contributed by atoms with Crippen LogP contribution in [-0.4, -0.2) is 16.1 Å². The largest absolute Gasteiger partial charge is 0.489 e. The summed E-state index contributed by atoms with van der Waals surface area (Å²) in [5.74, 6) is -0.331. The lowest BCUT2D eigenvalue weighted by molar-refractivity contribution is -0.139. The first-order chi connectivity index (χ1) is 15.8. The summed E-state index contributed by atoms with van der Waals surface area (Å²) < 4.78 is 47.1. The highest BCUT2D eigenvalue weighted by Crippen LogP contribution is 2.43. The third-order valence-electron chi connectivity index (χ3n) is 7.09. The standard InChI is InChI=1S/C26H26F3NO3/c27-26(28,29)21-11-15(5-8-19(21)16-3-1-2-4-16)14-33-18-7-10-22-20(13-18)25-17(12-24(31)32)6-9-23(25)30-22/h5,7-8,10-11,13,16-17,30H,1-4,6,9,12,14H2,(H,31,32). The van der Waals surface area contributed by atoms with Crippen LogP contribution in [0.3, 0.4) is 0 Å². The van der Waals surface area contributed by atoms with Crippen molar-refractivity contribution >= 4 is 16.9 Å². The number of halogens is 3. The molecule has 3 aromatic rings. The average Bonchev–Trinajstić information content (AvgIpc) is 3.49. The van der Waals surface area contributed by atoms with Crippen LogP contribution < -0.4 is 4.74 Å². The van der Waals surface area contributed by atoms with Crippen molar-refractivity contribution in [3.8, 4) is 5.75 Å². The first-order valence-electron chi connectivity index (χ1n) is 11.5. The molecule has 2 aliphatic rings. The van der Waals surface area contributed by atoms with Crippen molar-refractivity contribution in [3.63, 3.8) is 0 Å². The molecule has 7 heteroatoms. The molecule has 5 rings (SSSR count). The van der Waals surface area contributed by atoms with Crippen LogP contribution in [0.15, 0.2) is 36.4 Å². The average molecular weight is 457 g/mol. The molecule has 1 heterocycles. The molecule has 1 atom stereocenters. The maximum atomic E-state index is 13.8. The van der Waals surface area contributed by atoms with Crippen molar-refractivity contribution in [2.24, 2.45) is 0 Å². The van der Waals surface area contributed by atoms with Crippen LogP contribution in [0.2, 0.25) is 0 Å². The Kier molecular flexibility index (Phi) is 5.59. The zero-order valence-corrected chi connectivity index (χ0v) is 18.2. The minimum Gasteiger partial charge on any atom is -0.489 e. The molecule has 0 bridgehead atoms. The van der Waals surface area contributed by atoms with E-state index in [0.717, 1.165) is 60.7 Å². The van der Waals surface area contributed by atoms with Gasteiger partial charge in [-0.15, -0.1) is 0 Å². The second-order valence-corrected chi connectivity index (χ2v) is 9.25. The van der Waals surface area contributed by atoms with Crippen molar-refractivity contribution in [2.75, 3.05) is 0 Å². The van der Waals surface area contributed by atoms with Gasteiger partial charge in [0, 0.05) is 16.6 Å². The van der Waals surface area contributed by atoms with E-state index >= 15 is 0 Å². The quantitative estimate of drug-likeness (QED) is 0.422. The van der Waals surface area contributed by atoms with Crippen LogP contribution in [-0.2, 0) is 24.0 Å². The molecule has 2 aliphatic carbocycles. The lowest BCUT2D eigenvalue weighted by Gasteiger charge is -2.19. The van der Waals surface area contributed by atoms with Crippen LogP contribution in [0.25, 0.3) is 10.9 Å². The number of hydrogen-bond donors (Lipinski definition) is 2. The van der Waals surface area contributed by atoms with Gasteiger partial charge in [0.25, 0.3) is 0 Å². The van der Waals surface area contributed by atoms with E-state index in [1.54, 1.807) is 18.2 Å². The highest BCUT2D eigenvalue weighted by molar-refractivity contribution is 5.88. The molecule has 0 aliphatic heterocycles. The number of aromatic amines is 1. The highest BCUT2D eigenvalue weighted by atomic mass is 19.4. The summed E-state index contributed by atoms with van der Waals surface area (Å²) in [7, 11) is 0. The Balaban J connectivity index is 1.38. The molecule has 0 amide bonds. The molecule has 2 N–H and O–H groups in total. The van der Waals surface area contributed by atoms with Crippen LogP contribution >= 0.6 is 0 Å². The van der Waals surface area contributed by atoms with Crippen LogP contribution in [0, 0.1) is 0 Å². The number of carbonyl (C=O) groups is 1. The number of carboxylic acid groups (broad SMARTS) is 1. The number of hydrogen-bond acceptors (Lipinski definition) is 2. The fraction of sp³-hybridized carbons (Fsp3) is 0.423. The molecule has 1 fully saturated rings. The van der Waals surface area contributed by atoms with E-state index in [0.29, 0.717) is 16.9 Å². The zero-order valence-electron chi connectivity index (χ0n) is 18.2. The fourth-order valence-electron chi connectivity index (χ4n) is 5.58. The molecular weight excluding hydrogens is 431 g/mol.